The summed E-state index contributed by atoms with van der Waals surface area (Å²) in [5.74, 6) is -4.82. The quantitative estimate of drug-likeness (QED) is 0.0419. The molecule has 0 saturated carbocycles. The van der Waals surface area contributed by atoms with Gasteiger partial charge >= 0.3 is 17.3 Å². The molecule has 2 aliphatic heterocycles. The number of aromatic hydroxyl groups is 5. The molecule has 0 amide bonds. The van der Waals surface area contributed by atoms with Crippen LogP contribution in [0.15, 0.2) is 65.1 Å². The van der Waals surface area contributed by atoms with Crippen molar-refractivity contribution in [3.05, 3.63) is 66.2 Å². The van der Waals surface area contributed by atoms with E-state index in [1.165, 1.54) is 36.4 Å². The van der Waals surface area contributed by atoms with Crippen molar-refractivity contribution in [2.75, 3.05) is 13.2 Å². The zero-order valence-electron chi connectivity index (χ0n) is 28.3. The summed E-state index contributed by atoms with van der Waals surface area (Å²) in [6, 6.07) is 11.2. The van der Waals surface area contributed by atoms with Gasteiger partial charge in [-0.1, -0.05) is 12.1 Å². The molecular formula is C36H37O19+. The maximum Gasteiger partial charge on any atom is 0.402 e. The molecule has 55 heavy (non-hydrogen) atoms. The number of esters is 1. The topological polar surface area (TPSA) is 317 Å². The number of benzene rings is 3. The Balaban J connectivity index is 1.33. The Bertz CT molecular complexity index is 2010. The average Bonchev–Trinajstić information content (AvgIpc) is 3.16. The van der Waals surface area contributed by atoms with Gasteiger partial charge in [-0.25, -0.2) is 9.21 Å². The molecule has 12 N–H and O–H groups in total. The van der Waals surface area contributed by atoms with E-state index in [1.807, 2.05) is 0 Å². The van der Waals surface area contributed by atoms with Crippen LogP contribution in [-0.2, 0) is 19.0 Å². The fraction of sp³-hybridized carbons (Fsp3) is 0.333. The number of aliphatic hydroxyl groups is 7. The minimum Gasteiger partial charge on any atom is -0.508 e. The molecule has 294 valence electrons. The van der Waals surface area contributed by atoms with E-state index in [0.29, 0.717) is 5.56 Å². The Morgan fingerprint density at radius 3 is 1.89 bits per heavy atom. The number of phenols is 5. The van der Waals surface area contributed by atoms with Gasteiger partial charge in [0.05, 0.1) is 18.2 Å². The van der Waals surface area contributed by atoms with Gasteiger partial charge in [0.15, 0.2) is 17.2 Å². The summed E-state index contributed by atoms with van der Waals surface area (Å²) >= 11 is 0. The zero-order chi connectivity index (χ0) is 39.7. The molecule has 3 aromatic carbocycles. The molecule has 19 nitrogen and oxygen atoms in total. The molecule has 19 heteroatoms. The van der Waals surface area contributed by atoms with Crippen LogP contribution in [0, 0.1) is 0 Å². The Morgan fingerprint density at radius 1 is 0.691 bits per heavy atom. The van der Waals surface area contributed by atoms with Crippen LogP contribution in [0.4, 0.5) is 0 Å². The van der Waals surface area contributed by atoms with Gasteiger partial charge in [0.25, 0.3) is 0 Å². The number of phenolic OH excluding ortho intramolecular Hbond substituents is 5. The lowest BCUT2D eigenvalue weighted by Crippen LogP contribution is -2.60. The molecule has 6 rings (SSSR count). The highest BCUT2D eigenvalue weighted by Gasteiger charge is 2.47. The van der Waals surface area contributed by atoms with Crippen molar-refractivity contribution in [1.82, 2.24) is 0 Å². The highest BCUT2D eigenvalue weighted by molar-refractivity contribution is 5.89. The number of aliphatic hydroxyl groups excluding tert-OH is 7. The lowest BCUT2D eigenvalue weighted by molar-refractivity contribution is -0.278. The van der Waals surface area contributed by atoms with Crippen molar-refractivity contribution in [2.24, 2.45) is 0 Å². The molecule has 4 aromatic rings. The molecule has 2 aliphatic rings. The lowest BCUT2D eigenvalue weighted by Gasteiger charge is -2.39. The van der Waals surface area contributed by atoms with Crippen LogP contribution in [0.25, 0.3) is 28.4 Å². The third-order valence-electron chi connectivity index (χ3n) is 8.83. The molecule has 0 spiro atoms. The van der Waals surface area contributed by atoms with Gasteiger partial charge < -0.3 is 85.0 Å². The predicted octanol–water partition coefficient (Wildman–Crippen LogP) is -0.469. The van der Waals surface area contributed by atoms with Crippen LogP contribution in [0.1, 0.15) is 5.56 Å². The summed E-state index contributed by atoms with van der Waals surface area (Å²) in [5, 5.41) is 123. The first-order valence-corrected chi connectivity index (χ1v) is 16.5. The first-order chi connectivity index (χ1) is 26.1. The smallest absolute Gasteiger partial charge is 0.402 e. The van der Waals surface area contributed by atoms with E-state index in [1.54, 1.807) is 0 Å². The van der Waals surface area contributed by atoms with Gasteiger partial charge in [0.2, 0.25) is 18.3 Å². The van der Waals surface area contributed by atoms with Crippen molar-refractivity contribution in [3.63, 3.8) is 0 Å². The number of fused-ring (bicyclic) bond motifs is 1. The van der Waals surface area contributed by atoms with Crippen LogP contribution >= 0.6 is 0 Å². The fourth-order valence-corrected chi connectivity index (χ4v) is 5.82. The van der Waals surface area contributed by atoms with Crippen LogP contribution in [-0.4, -0.2) is 142 Å². The number of hydrogen-bond donors (Lipinski definition) is 12. The molecule has 2 saturated heterocycles. The maximum absolute atomic E-state index is 12.4. The zero-order valence-corrected chi connectivity index (χ0v) is 28.3. The van der Waals surface area contributed by atoms with E-state index in [2.05, 4.69) is 0 Å². The second-order valence-electron chi connectivity index (χ2n) is 12.7. The van der Waals surface area contributed by atoms with Crippen molar-refractivity contribution in [3.8, 4) is 51.6 Å². The van der Waals surface area contributed by atoms with Crippen molar-refractivity contribution < 1.29 is 94.2 Å². The Kier molecular flexibility index (Phi) is 11.5. The Labute approximate surface area is 309 Å². The van der Waals surface area contributed by atoms with Crippen molar-refractivity contribution in [1.29, 1.82) is 0 Å². The van der Waals surface area contributed by atoms with Crippen LogP contribution < -0.4 is 9.47 Å². The molecule has 3 heterocycles. The van der Waals surface area contributed by atoms with E-state index in [0.717, 1.165) is 30.3 Å². The number of rotatable bonds is 10. The molecule has 5 unspecified atom stereocenters. The minimum atomic E-state index is -1.97. The molecule has 10 atom stereocenters. The highest BCUT2D eigenvalue weighted by Crippen LogP contribution is 2.45. The summed E-state index contributed by atoms with van der Waals surface area (Å²) in [6.07, 6.45) is -15.1. The molecule has 1 aromatic heterocycles. The second kappa shape index (κ2) is 16.1. The normalized spacial score (nSPS) is 28.3. The maximum atomic E-state index is 12.4. The van der Waals surface area contributed by atoms with E-state index in [9.17, 15) is 66.1 Å². The molecule has 0 bridgehead atoms. The number of ether oxygens (including phenoxy) is 5. The number of hydrogen-bond acceptors (Lipinski definition) is 18. The fourth-order valence-electron chi connectivity index (χ4n) is 5.82. The van der Waals surface area contributed by atoms with Crippen LogP contribution in [0.5, 0.6) is 40.2 Å². The van der Waals surface area contributed by atoms with E-state index < -0.39 is 104 Å². The number of carbonyl (C=O) groups excluding carboxylic acids is 1. The van der Waals surface area contributed by atoms with E-state index in [-0.39, 0.29) is 39.5 Å². The average molecular weight is 774 g/mol. The second-order valence-corrected chi connectivity index (χ2v) is 12.7. The largest absolute Gasteiger partial charge is 0.508 e. The van der Waals surface area contributed by atoms with Gasteiger partial charge in [0.1, 0.15) is 78.1 Å². The standard InChI is InChI=1S/C36H36O19/c37-12-24-28(44)30(46)32(48)35(54-24)52-22-10-17(39)9-21-18(22)11-23(34(51-21)15-7-19(40)27(43)20(41)8-15)53-36-33(49)31(47)29(45)25(55-36)13-50-26(42)6-3-14-1-4-16(38)5-2-14/h1-11,24-25,28-33,35-37,44-49H,12-13H2,(H4-,38,39,40,41,42,43)/p+1/t24?,25?,28-,29-,30+,31?,32?,33?,35-,36-/m1/s1. The summed E-state index contributed by atoms with van der Waals surface area (Å²) in [4.78, 5) is 12.4. The highest BCUT2D eigenvalue weighted by atomic mass is 16.7. The Hall–Kier alpha value is -5.48. The third-order valence-corrected chi connectivity index (χ3v) is 8.83. The molecule has 2 fully saturated rings. The number of carbonyl (C=O) groups is 1. The van der Waals surface area contributed by atoms with Gasteiger partial charge in [-0.2, -0.15) is 0 Å². The van der Waals surface area contributed by atoms with Crippen LogP contribution in [0.3, 0.4) is 0 Å². The third kappa shape index (κ3) is 8.29. The van der Waals surface area contributed by atoms with Gasteiger partial charge in [0, 0.05) is 30.3 Å². The Morgan fingerprint density at radius 2 is 1.27 bits per heavy atom. The summed E-state index contributed by atoms with van der Waals surface area (Å²) < 4.78 is 34.1. The molecule has 0 radical (unpaired) electrons. The SMILES string of the molecule is O=C(C=Cc1ccc(O)cc1)OCC1O[C@@H](Oc2cc3c(O[C@@H]4OC(CO)[C@@H](O)[C@H](O)C4O)cc(O)cc3[o+]c2-c2cc(O)c(O)c(O)c2)C(O)C(O)[C@@H]1O. The molecule has 0 aliphatic carbocycles. The van der Waals surface area contributed by atoms with E-state index in [4.69, 9.17) is 28.1 Å². The van der Waals surface area contributed by atoms with Gasteiger partial charge in [-0.15, -0.1) is 0 Å². The first-order valence-electron chi connectivity index (χ1n) is 16.5. The van der Waals surface area contributed by atoms with Gasteiger partial charge in [-0.05, 0) is 23.8 Å². The summed E-state index contributed by atoms with van der Waals surface area (Å²) in [7, 11) is 0. The predicted molar refractivity (Wildman–Crippen MR) is 183 cm³/mol. The minimum absolute atomic E-state index is 0.0191. The summed E-state index contributed by atoms with van der Waals surface area (Å²) in [5.41, 5.74) is 0.223. The first kappa shape index (κ1) is 39.2. The van der Waals surface area contributed by atoms with Crippen molar-refractivity contribution in [2.45, 2.75) is 61.4 Å². The van der Waals surface area contributed by atoms with Crippen LogP contribution in [0.2, 0.25) is 0 Å². The monoisotopic (exact) mass is 773 g/mol. The molecular weight excluding hydrogens is 736 g/mol. The summed E-state index contributed by atoms with van der Waals surface area (Å²) in [6.45, 7) is -1.41. The lowest BCUT2D eigenvalue weighted by atomic mass is 9.99. The van der Waals surface area contributed by atoms with E-state index >= 15 is 0 Å². The van der Waals surface area contributed by atoms with Gasteiger partial charge in [-0.3, -0.25) is 0 Å². The van der Waals surface area contributed by atoms with Crippen molar-refractivity contribution >= 4 is 23.0 Å².